The predicted molar refractivity (Wildman–Crippen MR) is 81.4 cm³/mol. The van der Waals surface area contributed by atoms with Crippen molar-refractivity contribution in [3.05, 3.63) is 70.0 Å². The summed E-state index contributed by atoms with van der Waals surface area (Å²) in [6.07, 6.45) is 3.70. The molecule has 1 aromatic carbocycles. The van der Waals surface area contributed by atoms with Gasteiger partial charge < -0.3 is 4.40 Å². The van der Waals surface area contributed by atoms with E-state index in [0.29, 0.717) is 0 Å². The maximum atomic E-state index is 12.9. The number of aromatic nitrogens is 2. The molecule has 0 radical (unpaired) electrons. The van der Waals surface area contributed by atoms with Gasteiger partial charge in [0.05, 0.1) is 5.52 Å². The Hall–Kier alpha value is -1.68. The number of imidazole rings is 1. The van der Waals surface area contributed by atoms with Crippen molar-refractivity contribution in [3.63, 3.8) is 0 Å². The summed E-state index contributed by atoms with van der Waals surface area (Å²) in [6.45, 7) is 2.07. The van der Waals surface area contributed by atoms with E-state index in [9.17, 15) is 4.39 Å². The summed E-state index contributed by atoms with van der Waals surface area (Å²) in [5, 5.41) is 0. The Bertz CT molecular complexity index is 747. The molecule has 3 aromatic rings. The second-order valence-corrected chi connectivity index (χ2v) is 5.61. The highest BCUT2D eigenvalue weighted by Gasteiger charge is 2.10. The first-order chi connectivity index (χ1) is 9.65. The van der Waals surface area contributed by atoms with Crippen LogP contribution in [0.25, 0.3) is 5.52 Å². The zero-order chi connectivity index (χ0) is 14.1. The number of rotatable bonds is 3. The van der Waals surface area contributed by atoms with E-state index in [-0.39, 0.29) is 5.82 Å². The van der Waals surface area contributed by atoms with Gasteiger partial charge in [-0.25, -0.2) is 9.37 Å². The van der Waals surface area contributed by atoms with Gasteiger partial charge in [0, 0.05) is 12.6 Å². The van der Waals surface area contributed by atoms with Crippen LogP contribution in [-0.2, 0) is 12.8 Å². The zero-order valence-corrected chi connectivity index (χ0v) is 12.7. The number of halogens is 2. The summed E-state index contributed by atoms with van der Waals surface area (Å²) in [5.41, 5.74) is 3.42. The molecule has 0 N–H and O–H groups in total. The molecule has 0 aliphatic rings. The molecule has 0 amide bonds. The van der Waals surface area contributed by atoms with Gasteiger partial charge in [-0.05, 0) is 58.6 Å². The molecule has 20 heavy (non-hydrogen) atoms. The van der Waals surface area contributed by atoms with Crippen LogP contribution in [0.2, 0.25) is 0 Å². The van der Waals surface area contributed by atoms with E-state index >= 15 is 0 Å². The van der Waals surface area contributed by atoms with E-state index < -0.39 is 0 Å². The van der Waals surface area contributed by atoms with Crippen LogP contribution >= 0.6 is 15.9 Å². The van der Waals surface area contributed by atoms with Gasteiger partial charge >= 0.3 is 0 Å². The molecule has 3 rings (SSSR count). The van der Waals surface area contributed by atoms with Crippen LogP contribution in [0.3, 0.4) is 0 Å². The highest BCUT2D eigenvalue weighted by molar-refractivity contribution is 9.10. The van der Waals surface area contributed by atoms with Crippen molar-refractivity contribution in [2.75, 3.05) is 0 Å². The van der Waals surface area contributed by atoms with Crippen LogP contribution in [0.15, 0.2) is 47.2 Å². The lowest BCUT2D eigenvalue weighted by Gasteiger charge is -2.03. The normalized spacial score (nSPS) is 11.2. The lowest BCUT2D eigenvalue weighted by Crippen LogP contribution is -1.98. The van der Waals surface area contributed by atoms with Crippen LogP contribution in [0, 0.1) is 12.7 Å². The fourth-order valence-electron chi connectivity index (χ4n) is 2.40. The molecule has 0 unspecified atom stereocenters. The Kier molecular flexibility index (Phi) is 3.57. The van der Waals surface area contributed by atoms with Crippen LogP contribution in [0.5, 0.6) is 0 Å². The monoisotopic (exact) mass is 332 g/mol. The van der Waals surface area contributed by atoms with Crippen LogP contribution < -0.4 is 0 Å². The number of hydrogen-bond donors (Lipinski definition) is 0. The third-order valence-corrected chi connectivity index (χ3v) is 4.00. The van der Waals surface area contributed by atoms with Gasteiger partial charge in [-0.15, -0.1) is 0 Å². The van der Waals surface area contributed by atoms with Gasteiger partial charge in [-0.2, -0.15) is 0 Å². The first-order valence-electron chi connectivity index (χ1n) is 6.51. The SMILES string of the molecule is Cc1cccn2c(CCc3ccc(F)cc3)nc(Br)c12. The molecule has 4 heteroatoms. The molecule has 2 heterocycles. The van der Waals surface area contributed by atoms with E-state index in [4.69, 9.17) is 0 Å². The van der Waals surface area contributed by atoms with E-state index in [2.05, 4.69) is 38.3 Å². The molecule has 2 nitrogen and oxygen atoms in total. The number of hydrogen-bond acceptors (Lipinski definition) is 1. The van der Waals surface area contributed by atoms with Crippen molar-refractivity contribution < 1.29 is 4.39 Å². The first kappa shape index (κ1) is 13.3. The van der Waals surface area contributed by atoms with Crippen LogP contribution in [0.1, 0.15) is 17.0 Å². The average molecular weight is 333 g/mol. The van der Waals surface area contributed by atoms with Crippen molar-refractivity contribution in [1.82, 2.24) is 9.38 Å². The summed E-state index contributed by atoms with van der Waals surface area (Å²) in [7, 11) is 0. The fourth-order valence-corrected chi connectivity index (χ4v) is 3.11. The third kappa shape index (κ3) is 2.48. The number of benzene rings is 1. The van der Waals surface area contributed by atoms with Crippen LogP contribution in [-0.4, -0.2) is 9.38 Å². The maximum Gasteiger partial charge on any atom is 0.132 e. The van der Waals surface area contributed by atoms with Crippen molar-refractivity contribution in [2.45, 2.75) is 19.8 Å². The molecule has 0 aliphatic carbocycles. The third-order valence-electron chi connectivity index (χ3n) is 3.45. The second-order valence-electron chi connectivity index (χ2n) is 4.86. The molecule has 102 valence electrons. The quantitative estimate of drug-likeness (QED) is 0.697. The van der Waals surface area contributed by atoms with Gasteiger partial charge in [-0.1, -0.05) is 18.2 Å². The molecular weight excluding hydrogens is 319 g/mol. The Morgan fingerprint density at radius 3 is 2.65 bits per heavy atom. The molecule has 0 atom stereocenters. The largest absolute Gasteiger partial charge is 0.302 e. The lowest BCUT2D eigenvalue weighted by molar-refractivity contribution is 0.627. The van der Waals surface area contributed by atoms with Gasteiger partial charge in [0.1, 0.15) is 16.2 Å². The second kappa shape index (κ2) is 5.37. The minimum Gasteiger partial charge on any atom is -0.302 e. The van der Waals surface area contributed by atoms with Crippen molar-refractivity contribution in [2.24, 2.45) is 0 Å². The Labute approximate surface area is 125 Å². The summed E-state index contributed by atoms with van der Waals surface area (Å²) >= 11 is 3.52. The van der Waals surface area contributed by atoms with E-state index in [0.717, 1.165) is 34.3 Å². The molecule has 0 saturated carbocycles. The smallest absolute Gasteiger partial charge is 0.132 e. The topological polar surface area (TPSA) is 17.3 Å². The van der Waals surface area contributed by atoms with E-state index in [1.807, 2.05) is 24.4 Å². The summed E-state index contributed by atoms with van der Waals surface area (Å²) < 4.78 is 15.9. The van der Waals surface area contributed by atoms with E-state index in [1.165, 1.54) is 17.7 Å². The molecule has 0 spiro atoms. The summed E-state index contributed by atoms with van der Waals surface area (Å²) in [6, 6.07) is 10.7. The van der Waals surface area contributed by atoms with Crippen molar-refractivity contribution in [1.29, 1.82) is 0 Å². The molecule has 0 bridgehead atoms. The fraction of sp³-hybridized carbons (Fsp3) is 0.188. The Morgan fingerprint density at radius 2 is 1.90 bits per heavy atom. The lowest BCUT2D eigenvalue weighted by atomic mass is 10.1. The molecular formula is C16H14BrFN2. The van der Waals surface area contributed by atoms with Crippen molar-refractivity contribution in [3.8, 4) is 0 Å². The molecule has 0 saturated heterocycles. The maximum absolute atomic E-state index is 12.9. The van der Waals surface area contributed by atoms with E-state index in [1.54, 1.807) is 0 Å². The molecule has 0 fully saturated rings. The molecule has 0 aliphatic heterocycles. The minimum atomic E-state index is -0.196. The average Bonchev–Trinajstić information content (AvgIpc) is 2.76. The van der Waals surface area contributed by atoms with Crippen molar-refractivity contribution >= 4 is 21.4 Å². The first-order valence-corrected chi connectivity index (χ1v) is 7.31. The highest BCUT2D eigenvalue weighted by atomic mass is 79.9. The standard InChI is InChI=1S/C16H14BrFN2/c1-11-3-2-10-20-14(19-16(17)15(11)20)9-6-12-4-7-13(18)8-5-12/h2-5,7-8,10H,6,9H2,1H3. The van der Waals surface area contributed by atoms with Gasteiger partial charge in [0.15, 0.2) is 0 Å². The van der Waals surface area contributed by atoms with Crippen LogP contribution in [0.4, 0.5) is 4.39 Å². The van der Waals surface area contributed by atoms with Gasteiger partial charge in [-0.3, -0.25) is 0 Å². The highest BCUT2D eigenvalue weighted by Crippen LogP contribution is 2.23. The number of fused-ring (bicyclic) bond motifs is 1. The zero-order valence-electron chi connectivity index (χ0n) is 11.1. The predicted octanol–water partition coefficient (Wildman–Crippen LogP) is 4.33. The molecule has 2 aromatic heterocycles. The summed E-state index contributed by atoms with van der Waals surface area (Å²) in [4.78, 5) is 4.59. The number of pyridine rings is 1. The Balaban J connectivity index is 1.88. The number of aryl methyl sites for hydroxylation is 3. The van der Waals surface area contributed by atoms with Gasteiger partial charge in [0.25, 0.3) is 0 Å². The summed E-state index contributed by atoms with van der Waals surface area (Å²) in [5.74, 6) is 0.818. The minimum absolute atomic E-state index is 0.196. The Morgan fingerprint density at radius 1 is 1.15 bits per heavy atom. The van der Waals surface area contributed by atoms with Gasteiger partial charge in [0.2, 0.25) is 0 Å². The number of nitrogens with zero attached hydrogens (tertiary/aromatic N) is 2.